The van der Waals surface area contributed by atoms with E-state index in [-0.39, 0.29) is 11.8 Å². The van der Waals surface area contributed by atoms with E-state index < -0.39 is 6.10 Å². The fraction of sp³-hybridized carbons (Fsp3) is 0.364. The molecule has 0 aromatic heterocycles. The van der Waals surface area contributed by atoms with Crippen molar-refractivity contribution in [3.63, 3.8) is 0 Å². The molecule has 2 aromatic carbocycles. The van der Waals surface area contributed by atoms with Crippen molar-refractivity contribution in [3.8, 4) is 5.75 Å². The Labute approximate surface area is 165 Å². The maximum absolute atomic E-state index is 12.8. The third-order valence-electron chi connectivity index (χ3n) is 4.59. The molecule has 0 spiro atoms. The topological polar surface area (TPSA) is 67.9 Å². The van der Waals surface area contributed by atoms with Crippen LogP contribution in [0.4, 0.5) is 5.69 Å². The fourth-order valence-corrected chi connectivity index (χ4v) is 3.21. The van der Waals surface area contributed by atoms with Gasteiger partial charge in [0, 0.05) is 13.1 Å². The van der Waals surface area contributed by atoms with Crippen LogP contribution in [0.25, 0.3) is 0 Å². The summed E-state index contributed by atoms with van der Waals surface area (Å²) in [6.45, 7) is 7.82. The summed E-state index contributed by atoms with van der Waals surface area (Å²) in [5, 5.41) is 2.84. The van der Waals surface area contributed by atoms with Crippen LogP contribution >= 0.6 is 0 Å². The highest BCUT2D eigenvalue weighted by Gasteiger charge is 2.23. The molecule has 1 aliphatic heterocycles. The summed E-state index contributed by atoms with van der Waals surface area (Å²) in [6, 6.07) is 12.9. The molecule has 0 unspecified atom stereocenters. The Bertz CT molecular complexity index is 839. The molecule has 0 radical (unpaired) electrons. The molecule has 2 amide bonds. The first-order valence-corrected chi connectivity index (χ1v) is 9.46. The summed E-state index contributed by atoms with van der Waals surface area (Å²) in [5.41, 5.74) is 3.10. The predicted octanol–water partition coefficient (Wildman–Crippen LogP) is 3.18. The number of nitrogens with zero attached hydrogens (tertiary/aromatic N) is 1. The Morgan fingerprint density at radius 3 is 2.39 bits per heavy atom. The number of nitrogens with one attached hydrogen (secondary N) is 1. The van der Waals surface area contributed by atoms with Gasteiger partial charge in [-0.2, -0.15) is 0 Å². The number of carbonyl (C=O) groups is 2. The predicted molar refractivity (Wildman–Crippen MR) is 108 cm³/mol. The Morgan fingerprint density at radius 1 is 1.07 bits per heavy atom. The van der Waals surface area contributed by atoms with E-state index >= 15 is 0 Å². The highest BCUT2D eigenvalue weighted by Crippen LogP contribution is 2.21. The molecule has 6 heteroatoms. The molecule has 1 atom stereocenters. The van der Waals surface area contributed by atoms with Crippen molar-refractivity contribution in [2.24, 2.45) is 0 Å². The van der Waals surface area contributed by atoms with Crippen LogP contribution in [0, 0.1) is 13.8 Å². The van der Waals surface area contributed by atoms with E-state index in [2.05, 4.69) is 5.32 Å². The van der Waals surface area contributed by atoms with Crippen molar-refractivity contribution < 1.29 is 19.1 Å². The fourth-order valence-electron chi connectivity index (χ4n) is 3.21. The Kier molecular flexibility index (Phi) is 6.31. The van der Waals surface area contributed by atoms with Gasteiger partial charge in [0.1, 0.15) is 5.75 Å². The molecular weight excluding hydrogens is 356 g/mol. The molecule has 1 heterocycles. The van der Waals surface area contributed by atoms with Crippen LogP contribution in [0.3, 0.4) is 0 Å². The molecule has 0 aliphatic carbocycles. The van der Waals surface area contributed by atoms with E-state index in [0.29, 0.717) is 43.3 Å². The number of carbonyl (C=O) groups excluding carboxylic acids is 2. The van der Waals surface area contributed by atoms with Gasteiger partial charge < -0.3 is 19.7 Å². The molecule has 1 aliphatic rings. The SMILES string of the molecule is Cc1cc(C)cc(O[C@H](C)C(=O)Nc2ccccc2C(=O)N2CCOCC2)c1. The van der Waals surface area contributed by atoms with Crippen LogP contribution in [0.15, 0.2) is 42.5 Å². The van der Waals surface area contributed by atoms with Crippen LogP contribution in [0.1, 0.15) is 28.4 Å². The number of benzene rings is 2. The Balaban J connectivity index is 1.70. The number of morpholine rings is 1. The largest absolute Gasteiger partial charge is 0.481 e. The van der Waals surface area contributed by atoms with Crippen LogP contribution in [-0.4, -0.2) is 49.1 Å². The van der Waals surface area contributed by atoms with E-state index in [1.165, 1.54) is 0 Å². The van der Waals surface area contributed by atoms with Gasteiger partial charge in [-0.25, -0.2) is 0 Å². The van der Waals surface area contributed by atoms with Gasteiger partial charge in [-0.3, -0.25) is 9.59 Å². The zero-order chi connectivity index (χ0) is 20.1. The average molecular weight is 382 g/mol. The molecule has 28 heavy (non-hydrogen) atoms. The van der Waals surface area contributed by atoms with Crippen LogP contribution in [0.2, 0.25) is 0 Å². The third-order valence-corrected chi connectivity index (χ3v) is 4.59. The average Bonchev–Trinajstić information content (AvgIpc) is 2.67. The minimum absolute atomic E-state index is 0.109. The number of aryl methyl sites for hydroxylation is 2. The monoisotopic (exact) mass is 382 g/mol. The summed E-state index contributed by atoms with van der Waals surface area (Å²) < 4.78 is 11.1. The highest BCUT2D eigenvalue weighted by atomic mass is 16.5. The molecule has 6 nitrogen and oxygen atoms in total. The van der Waals surface area contributed by atoms with Gasteiger partial charge in [0.2, 0.25) is 0 Å². The normalized spacial score (nSPS) is 15.0. The number of para-hydroxylation sites is 1. The van der Waals surface area contributed by atoms with Gasteiger partial charge in [-0.15, -0.1) is 0 Å². The van der Waals surface area contributed by atoms with E-state index in [0.717, 1.165) is 11.1 Å². The molecule has 3 rings (SSSR count). The van der Waals surface area contributed by atoms with Crippen molar-refractivity contribution in [3.05, 3.63) is 59.2 Å². The second kappa shape index (κ2) is 8.89. The number of amides is 2. The van der Waals surface area contributed by atoms with Gasteiger partial charge in [-0.1, -0.05) is 18.2 Å². The molecule has 1 fully saturated rings. The lowest BCUT2D eigenvalue weighted by molar-refractivity contribution is -0.122. The minimum Gasteiger partial charge on any atom is -0.481 e. The lowest BCUT2D eigenvalue weighted by atomic mass is 10.1. The summed E-state index contributed by atoms with van der Waals surface area (Å²) in [6.07, 6.45) is -0.701. The number of anilines is 1. The summed E-state index contributed by atoms with van der Waals surface area (Å²) >= 11 is 0. The Hall–Kier alpha value is -2.86. The lowest BCUT2D eigenvalue weighted by Crippen LogP contribution is -2.41. The Morgan fingerprint density at radius 2 is 1.71 bits per heavy atom. The second-order valence-electron chi connectivity index (χ2n) is 7.02. The van der Waals surface area contributed by atoms with E-state index in [9.17, 15) is 9.59 Å². The van der Waals surface area contributed by atoms with Crippen LogP contribution in [0.5, 0.6) is 5.75 Å². The van der Waals surface area contributed by atoms with E-state index in [1.807, 2.05) is 32.0 Å². The van der Waals surface area contributed by atoms with Crippen molar-refractivity contribution >= 4 is 17.5 Å². The number of rotatable bonds is 5. The molecule has 0 bridgehead atoms. The number of ether oxygens (including phenoxy) is 2. The van der Waals surface area contributed by atoms with Gasteiger partial charge in [0.05, 0.1) is 24.5 Å². The van der Waals surface area contributed by atoms with Gasteiger partial charge in [0.15, 0.2) is 6.10 Å². The van der Waals surface area contributed by atoms with Gasteiger partial charge >= 0.3 is 0 Å². The third kappa shape index (κ3) is 4.89. The van der Waals surface area contributed by atoms with Crippen LogP contribution < -0.4 is 10.1 Å². The maximum Gasteiger partial charge on any atom is 0.265 e. The first kappa shape index (κ1) is 19.9. The first-order valence-electron chi connectivity index (χ1n) is 9.46. The highest BCUT2D eigenvalue weighted by molar-refractivity contribution is 6.04. The van der Waals surface area contributed by atoms with Crippen molar-refractivity contribution in [1.29, 1.82) is 0 Å². The zero-order valence-electron chi connectivity index (χ0n) is 16.5. The maximum atomic E-state index is 12.8. The first-order chi connectivity index (χ1) is 13.4. The quantitative estimate of drug-likeness (QED) is 0.862. The summed E-state index contributed by atoms with van der Waals surface area (Å²) in [7, 11) is 0. The smallest absolute Gasteiger partial charge is 0.265 e. The molecule has 1 N–H and O–H groups in total. The van der Waals surface area contributed by atoms with Crippen molar-refractivity contribution in [1.82, 2.24) is 4.90 Å². The van der Waals surface area contributed by atoms with E-state index in [1.54, 1.807) is 36.1 Å². The molecule has 148 valence electrons. The molecular formula is C22H26N2O4. The van der Waals surface area contributed by atoms with Crippen LogP contribution in [-0.2, 0) is 9.53 Å². The summed E-state index contributed by atoms with van der Waals surface area (Å²) in [5.74, 6) is 0.237. The van der Waals surface area contributed by atoms with Gasteiger partial charge in [-0.05, 0) is 56.2 Å². The standard InChI is InChI=1S/C22H26N2O4/c1-15-12-16(2)14-18(13-15)28-17(3)21(25)23-20-7-5-4-6-19(20)22(26)24-8-10-27-11-9-24/h4-7,12-14,17H,8-11H2,1-3H3,(H,23,25)/t17-/m1/s1. The molecule has 1 saturated heterocycles. The summed E-state index contributed by atoms with van der Waals surface area (Å²) in [4.78, 5) is 27.2. The van der Waals surface area contributed by atoms with Gasteiger partial charge in [0.25, 0.3) is 11.8 Å². The van der Waals surface area contributed by atoms with Crippen molar-refractivity contribution in [2.75, 3.05) is 31.6 Å². The zero-order valence-corrected chi connectivity index (χ0v) is 16.5. The second-order valence-corrected chi connectivity index (χ2v) is 7.02. The molecule has 2 aromatic rings. The number of hydrogen-bond acceptors (Lipinski definition) is 4. The molecule has 0 saturated carbocycles. The van der Waals surface area contributed by atoms with Crippen molar-refractivity contribution in [2.45, 2.75) is 26.9 Å². The lowest BCUT2D eigenvalue weighted by Gasteiger charge is -2.27. The van der Waals surface area contributed by atoms with E-state index in [4.69, 9.17) is 9.47 Å². The number of hydrogen-bond donors (Lipinski definition) is 1. The minimum atomic E-state index is -0.701.